The maximum Gasteiger partial charge on any atom is 0.500 e. The van der Waals surface area contributed by atoms with E-state index in [1.165, 1.54) is 0 Å². The zero-order chi connectivity index (χ0) is 25.3. The number of rotatable bonds is 16. The van der Waals surface area contributed by atoms with Gasteiger partial charge >= 0.3 is 14.9 Å². The van der Waals surface area contributed by atoms with Crippen molar-refractivity contribution in [1.29, 1.82) is 0 Å². The summed E-state index contributed by atoms with van der Waals surface area (Å²) < 4.78 is 22.8. The van der Waals surface area contributed by atoms with Gasteiger partial charge in [0.05, 0.1) is 13.1 Å². The van der Waals surface area contributed by atoms with E-state index in [4.69, 9.17) is 23.7 Å². The largest absolute Gasteiger partial charge is 0.500 e. The highest BCUT2D eigenvalue weighted by Crippen LogP contribution is 2.20. The van der Waals surface area contributed by atoms with Crippen molar-refractivity contribution < 1.29 is 32.4 Å². The molecule has 0 bridgehead atoms. The Morgan fingerprint density at radius 2 is 1.79 bits per heavy atom. The van der Waals surface area contributed by atoms with Crippen molar-refractivity contribution in [2.75, 3.05) is 51.5 Å². The van der Waals surface area contributed by atoms with Crippen LogP contribution in [0.2, 0.25) is 6.04 Å². The molecular weight excluding hydrogens is 466 g/mol. The Kier molecular flexibility index (Phi) is 17.3. The Morgan fingerprint density at radius 1 is 1.21 bits per heavy atom. The van der Waals surface area contributed by atoms with Gasteiger partial charge in [0, 0.05) is 44.1 Å². The second-order valence-corrected chi connectivity index (χ2v) is 11.1. The molecule has 10 nitrogen and oxygen atoms in total. The van der Waals surface area contributed by atoms with Crippen LogP contribution >= 0.6 is 11.8 Å². The van der Waals surface area contributed by atoms with Gasteiger partial charge in [0.2, 0.25) is 11.8 Å². The predicted octanol–water partition coefficient (Wildman–Crippen LogP) is 2.24. The average Bonchev–Trinajstić information content (AvgIpc) is 3.11. The maximum atomic E-state index is 11.8. The first-order valence-corrected chi connectivity index (χ1v) is 14.9. The summed E-state index contributed by atoms with van der Waals surface area (Å²) in [4.78, 5) is 34.8. The van der Waals surface area contributed by atoms with Crippen LogP contribution in [0.3, 0.4) is 0 Å². The number of nitrogens with zero attached hydrogens (tertiary/aromatic N) is 1. The topological polar surface area (TPSA) is 129 Å². The number of nitrogens with one attached hydrogen (secondary N) is 1. The van der Waals surface area contributed by atoms with E-state index in [1.807, 2.05) is 34.0 Å². The van der Waals surface area contributed by atoms with Gasteiger partial charge in [0.25, 0.3) is 0 Å². The summed E-state index contributed by atoms with van der Waals surface area (Å²) in [5.74, 6) is 0.167. The summed E-state index contributed by atoms with van der Waals surface area (Å²) in [6, 6.07) is 0.722. The van der Waals surface area contributed by atoms with Crippen LogP contribution in [0.1, 0.15) is 47.5 Å². The van der Waals surface area contributed by atoms with Gasteiger partial charge in [0.15, 0.2) is 0 Å². The lowest BCUT2D eigenvalue weighted by atomic mass is 10.1. The van der Waals surface area contributed by atoms with Crippen LogP contribution in [0, 0.1) is 5.92 Å². The van der Waals surface area contributed by atoms with Crippen LogP contribution in [-0.2, 0) is 27.6 Å². The van der Waals surface area contributed by atoms with Crippen molar-refractivity contribution in [2.45, 2.75) is 59.6 Å². The zero-order valence-electron chi connectivity index (χ0n) is 21.0. The quantitative estimate of drug-likeness (QED) is 0.303. The molecule has 3 amide bonds. The normalized spacial score (nSPS) is 16.6. The molecule has 1 rings (SSSR count). The lowest BCUT2D eigenvalue weighted by Crippen LogP contribution is -2.46. The summed E-state index contributed by atoms with van der Waals surface area (Å²) in [6.45, 7) is 12.6. The number of ether oxygens (including phenoxy) is 1. The molecule has 1 aliphatic rings. The highest BCUT2D eigenvalue weighted by Gasteiger charge is 2.40. The smallest absolute Gasteiger partial charge is 0.443 e. The number of carbonyl (C=O) groups excluding carboxylic acids is 3. The molecule has 0 spiro atoms. The summed E-state index contributed by atoms with van der Waals surface area (Å²) in [5, 5.41) is 2.42. The Balaban J connectivity index is 0.000000785. The van der Waals surface area contributed by atoms with Crippen LogP contribution in [0.4, 0.5) is 4.79 Å². The fraction of sp³-hybridized carbons (Fsp3) is 0.857. The number of primary amides is 1. The monoisotopic (exact) mass is 509 g/mol. The van der Waals surface area contributed by atoms with Crippen molar-refractivity contribution in [3.63, 3.8) is 0 Å². The minimum absolute atomic E-state index is 0.00942. The summed E-state index contributed by atoms with van der Waals surface area (Å²) in [6.07, 6.45) is 3.38. The number of nitrogens with two attached hydrogens (primary N) is 1. The van der Waals surface area contributed by atoms with Gasteiger partial charge in [-0.1, -0.05) is 13.8 Å². The number of thioether (sulfide) groups is 1. The fourth-order valence-corrected chi connectivity index (χ4v) is 6.19. The molecule has 194 valence electrons. The van der Waals surface area contributed by atoms with E-state index in [-0.39, 0.29) is 30.6 Å². The Morgan fingerprint density at radius 3 is 2.24 bits per heavy atom. The van der Waals surface area contributed by atoms with E-state index in [0.29, 0.717) is 32.9 Å². The number of cyclic esters (lactones) is 1. The third kappa shape index (κ3) is 13.2. The molecule has 0 aromatic carbocycles. The second kappa shape index (κ2) is 18.0. The van der Waals surface area contributed by atoms with E-state index in [2.05, 4.69) is 5.32 Å². The number of hydrogen-bond donors (Lipinski definition) is 2. The summed E-state index contributed by atoms with van der Waals surface area (Å²) in [7, 11) is -2.60. The highest BCUT2D eigenvalue weighted by atomic mass is 32.2. The van der Waals surface area contributed by atoms with E-state index in [1.54, 1.807) is 23.6 Å². The SMILES string of the molecule is CCC(C)C(=O)NCC(N)=O.CCO[Si](CCCN1CC(CSC)OC1=O)(OCC)OCC. The van der Waals surface area contributed by atoms with Crippen molar-refractivity contribution in [3.05, 3.63) is 0 Å². The minimum Gasteiger partial charge on any atom is -0.443 e. The first-order valence-electron chi connectivity index (χ1n) is 11.6. The van der Waals surface area contributed by atoms with E-state index >= 15 is 0 Å². The molecule has 33 heavy (non-hydrogen) atoms. The van der Waals surface area contributed by atoms with Crippen LogP contribution in [0.5, 0.6) is 0 Å². The number of amides is 3. The minimum atomic E-state index is -2.60. The Labute approximate surface area is 204 Å². The molecular formula is C21H43N3O7SSi. The van der Waals surface area contributed by atoms with Gasteiger partial charge in [-0.05, 0) is 39.9 Å². The lowest BCUT2D eigenvalue weighted by molar-refractivity contribution is -0.127. The number of carbonyl (C=O) groups is 3. The third-order valence-corrected chi connectivity index (χ3v) is 8.66. The van der Waals surface area contributed by atoms with Crippen LogP contribution in [0.15, 0.2) is 0 Å². The molecule has 1 fully saturated rings. The highest BCUT2D eigenvalue weighted by molar-refractivity contribution is 7.98. The van der Waals surface area contributed by atoms with Crippen molar-refractivity contribution >= 4 is 38.5 Å². The summed E-state index contributed by atoms with van der Waals surface area (Å²) >= 11 is 1.69. The molecule has 2 atom stereocenters. The van der Waals surface area contributed by atoms with Gasteiger partial charge in [-0.3, -0.25) is 9.59 Å². The lowest BCUT2D eigenvalue weighted by Gasteiger charge is -2.28. The fourth-order valence-electron chi connectivity index (χ4n) is 3.05. The molecule has 0 aromatic heterocycles. The molecule has 0 radical (unpaired) electrons. The van der Waals surface area contributed by atoms with Crippen LogP contribution < -0.4 is 11.1 Å². The molecule has 0 aliphatic carbocycles. The summed E-state index contributed by atoms with van der Waals surface area (Å²) in [5.41, 5.74) is 4.83. The molecule has 3 N–H and O–H groups in total. The molecule has 2 unspecified atom stereocenters. The third-order valence-electron chi connectivity index (χ3n) is 4.80. The zero-order valence-corrected chi connectivity index (χ0v) is 22.8. The van der Waals surface area contributed by atoms with Gasteiger partial charge < -0.3 is 34.0 Å². The Bertz CT molecular complexity index is 569. The predicted molar refractivity (Wildman–Crippen MR) is 132 cm³/mol. The van der Waals surface area contributed by atoms with E-state index in [9.17, 15) is 14.4 Å². The number of hydrogen-bond acceptors (Lipinski definition) is 8. The molecule has 1 aliphatic heterocycles. The average molecular weight is 510 g/mol. The van der Waals surface area contributed by atoms with Crippen molar-refractivity contribution in [2.24, 2.45) is 11.7 Å². The van der Waals surface area contributed by atoms with Crippen LogP contribution in [0.25, 0.3) is 0 Å². The standard InChI is InChI=1S/C14H29NO5SSi.C7H14N2O2/c1-5-17-22(18-6-2,19-7-3)10-8-9-15-11-13(12-21-4)20-14(15)16;1-3-5(2)7(11)9-4-6(8)10/h13H,5-12H2,1-4H3;5H,3-4H2,1-2H3,(H2,8,10)(H,9,11). The van der Waals surface area contributed by atoms with Gasteiger partial charge in [-0.2, -0.15) is 11.8 Å². The van der Waals surface area contributed by atoms with Crippen molar-refractivity contribution in [1.82, 2.24) is 10.2 Å². The van der Waals surface area contributed by atoms with Gasteiger partial charge in [-0.25, -0.2) is 4.79 Å². The second-order valence-electron chi connectivity index (χ2n) is 7.49. The molecule has 1 heterocycles. The Hall–Kier alpha value is -1.34. The van der Waals surface area contributed by atoms with Crippen LogP contribution in [-0.4, -0.2) is 89.2 Å². The maximum absolute atomic E-state index is 11.8. The van der Waals surface area contributed by atoms with Gasteiger partial charge in [0.1, 0.15) is 6.10 Å². The molecule has 12 heteroatoms. The first-order chi connectivity index (χ1) is 15.7. The van der Waals surface area contributed by atoms with Gasteiger partial charge in [-0.15, -0.1) is 0 Å². The van der Waals surface area contributed by atoms with Crippen molar-refractivity contribution in [3.8, 4) is 0 Å². The molecule has 0 saturated carbocycles. The van der Waals surface area contributed by atoms with E-state index < -0.39 is 14.7 Å². The molecule has 1 saturated heterocycles. The van der Waals surface area contributed by atoms with E-state index in [0.717, 1.165) is 24.6 Å². The molecule has 0 aromatic rings. The first kappa shape index (κ1) is 31.7.